The van der Waals surface area contributed by atoms with Gasteiger partial charge in [-0.1, -0.05) is 18.2 Å². The number of hydrogen-bond acceptors (Lipinski definition) is 5. The van der Waals surface area contributed by atoms with E-state index in [1.165, 1.54) is 0 Å². The summed E-state index contributed by atoms with van der Waals surface area (Å²) in [6.07, 6.45) is -5.08. The van der Waals surface area contributed by atoms with Gasteiger partial charge >= 0.3 is 12.1 Å². The molecule has 0 aliphatic heterocycles. The molecule has 0 saturated heterocycles. The molecule has 35 heavy (non-hydrogen) atoms. The number of nitrogens with one attached hydrogen (secondary N) is 3. The zero-order valence-electron chi connectivity index (χ0n) is 18.1. The standard InChI is InChI=1S/C21H20N4O3.C2HF3O2/c22-7-8-23-20(26)12-28-15-5-6-18-14(9-15)11-19(24-18)16-10-13-3-1-2-4-17(13)25-21(16)27;3-2(4,5)1(6)7/h1-6,9-11,24H,7-8,12,22H2,(H,23,26)(H,25,27);(H,6,7). The molecule has 9 nitrogen and oxygen atoms in total. The minimum Gasteiger partial charge on any atom is -0.484 e. The fraction of sp³-hybridized carbons (Fsp3) is 0.174. The number of rotatable bonds is 6. The van der Waals surface area contributed by atoms with Gasteiger partial charge < -0.3 is 30.9 Å². The topological polar surface area (TPSA) is 150 Å². The van der Waals surface area contributed by atoms with Crippen molar-refractivity contribution in [3.05, 3.63) is 65.0 Å². The Labute approximate surface area is 195 Å². The molecule has 0 aliphatic carbocycles. The molecule has 0 fully saturated rings. The highest BCUT2D eigenvalue weighted by atomic mass is 19.4. The maximum absolute atomic E-state index is 12.5. The van der Waals surface area contributed by atoms with E-state index in [9.17, 15) is 22.8 Å². The number of aliphatic carboxylic acids is 1. The van der Waals surface area contributed by atoms with E-state index in [0.29, 0.717) is 24.4 Å². The monoisotopic (exact) mass is 490 g/mol. The van der Waals surface area contributed by atoms with Gasteiger partial charge in [-0.05, 0) is 41.8 Å². The van der Waals surface area contributed by atoms with E-state index in [2.05, 4.69) is 15.3 Å². The van der Waals surface area contributed by atoms with Crippen molar-refractivity contribution in [3.63, 3.8) is 0 Å². The number of carboxylic acid groups (broad SMARTS) is 1. The first-order valence-corrected chi connectivity index (χ1v) is 10.2. The summed E-state index contributed by atoms with van der Waals surface area (Å²) in [5, 5.41) is 11.6. The number of ether oxygens (including phenoxy) is 1. The molecule has 184 valence electrons. The third-order valence-corrected chi connectivity index (χ3v) is 4.71. The molecule has 4 rings (SSSR count). The molecule has 0 aliphatic rings. The third-order valence-electron chi connectivity index (χ3n) is 4.71. The normalized spacial score (nSPS) is 11.1. The molecule has 2 aromatic heterocycles. The van der Waals surface area contributed by atoms with Gasteiger partial charge in [0.25, 0.3) is 11.5 Å². The molecule has 0 saturated carbocycles. The van der Waals surface area contributed by atoms with Crippen LogP contribution in [0.15, 0.2) is 59.4 Å². The molecule has 0 radical (unpaired) electrons. The van der Waals surface area contributed by atoms with Crippen LogP contribution in [0.4, 0.5) is 13.2 Å². The van der Waals surface area contributed by atoms with Gasteiger partial charge in [0, 0.05) is 29.5 Å². The van der Waals surface area contributed by atoms with Gasteiger partial charge in [0.1, 0.15) is 5.75 Å². The average molecular weight is 490 g/mol. The first kappa shape index (κ1) is 25.3. The lowest BCUT2D eigenvalue weighted by atomic mass is 10.1. The van der Waals surface area contributed by atoms with E-state index in [4.69, 9.17) is 20.4 Å². The van der Waals surface area contributed by atoms with Crippen molar-refractivity contribution in [2.24, 2.45) is 5.73 Å². The zero-order valence-corrected chi connectivity index (χ0v) is 18.1. The van der Waals surface area contributed by atoms with E-state index in [1.807, 2.05) is 48.5 Å². The Balaban J connectivity index is 0.000000429. The highest BCUT2D eigenvalue weighted by Gasteiger charge is 2.38. The molecule has 0 atom stereocenters. The number of H-pyrrole nitrogens is 2. The molecule has 6 N–H and O–H groups in total. The highest BCUT2D eigenvalue weighted by molar-refractivity contribution is 5.89. The molecule has 2 heterocycles. The van der Waals surface area contributed by atoms with Crippen LogP contribution in [-0.2, 0) is 9.59 Å². The fourth-order valence-electron chi connectivity index (χ4n) is 3.10. The van der Waals surface area contributed by atoms with Crippen LogP contribution in [0, 0.1) is 0 Å². The first-order valence-electron chi connectivity index (χ1n) is 10.2. The summed E-state index contributed by atoms with van der Waals surface area (Å²) >= 11 is 0. The smallest absolute Gasteiger partial charge is 0.484 e. The number of aromatic amines is 2. The van der Waals surface area contributed by atoms with Crippen molar-refractivity contribution in [1.29, 1.82) is 0 Å². The number of fused-ring (bicyclic) bond motifs is 2. The average Bonchev–Trinajstić information content (AvgIpc) is 3.24. The summed E-state index contributed by atoms with van der Waals surface area (Å²) in [5.41, 5.74) is 8.17. The van der Waals surface area contributed by atoms with Gasteiger partial charge in [-0.3, -0.25) is 9.59 Å². The predicted octanol–water partition coefficient (Wildman–Crippen LogP) is 2.76. The Kier molecular flexibility index (Phi) is 7.76. The highest BCUT2D eigenvalue weighted by Crippen LogP contribution is 2.26. The quantitative estimate of drug-likeness (QED) is 0.281. The van der Waals surface area contributed by atoms with E-state index in [0.717, 1.165) is 27.5 Å². The molecule has 0 spiro atoms. The SMILES string of the molecule is NCCNC(=O)COc1ccc2[nH]c(-c3cc4ccccc4[nH]c3=O)cc2c1.O=C(O)C(F)(F)F. The van der Waals surface area contributed by atoms with Gasteiger partial charge in [0.05, 0.1) is 11.3 Å². The molecule has 1 amide bonds. The van der Waals surface area contributed by atoms with Gasteiger partial charge in [0.15, 0.2) is 6.61 Å². The van der Waals surface area contributed by atoms with Crippen molar-refractivity contribution < 1.29 is 32.6 Å². The summed E-state index contributed by atoms with van der Waals surface area (Å²) < 4.78 is 37.3. The second-order valence-corrected chi connectivity index (χ2v) is 7.26. The number of carboxylic acids is 1. The molecule has 12 heteroatoms. The summed E-state index contributed by atoms with van der Waals surface area (Å²) in [7, 11) is 0. The minimum absolute atomic E-state index is 0.0763. The molecule has 0 unspecified atom stereocenters. The van der Waals surface area contributed by atoms with Gasteiger partial charge in [-0.15, -0.1) is 0 Å². The second kappa shape index (κ2) is 10.7. The fourth-order valence-corrected chi connectivity index (χ4v) is 3.10. The van der Waals surface area contributed by atoms with E-state index in [1.54, 1.807) is 6.07 Å². The van der Waals surface area contributed by atoms with Crippen molar-refractivity contribution in [2.75, 3.05) is 19.7 Å². The Hall–Kier alpha value is -4.32. The number of halogens is 3. The zero-order chi connectivity index (χ0) is 25.6. The van der Waals surface area contributed by atoms with E-state index < -0.39 is 12.1 Å². The Morgan fingerprint density at radius 3 is 2.37 bits per heavy atom. The van der Waals surface area contributed by atoms with Gasteiger partial charge in [-0.2, -0.15) is 13.2 Å². The number of alkyl halides is 3. The lowest BCUT2D eigenvalue weighted by Gasteiger charge is -2.06. The molecular weight excluding hydrogens is 469 g/mol. The Bertz CT molecular complexity index is 1410. The molecular formula is C23H21F3N4O5. The largest absolute Gasteiger partial charge is 0.490 e. The van der Waals surface area contributed by atoms with Crippen LogP contribution < -0.4 is 21.3 Å². The Morgan fingerprint density at radius 2 is 1.69 bits per heavy atom. The van der Waals surface area contributed by atoms with Crippen molar-refractivity contribution in [1.82, 2.24) is 15.3 Å². The van der Waals surface area contributed by atoms with Crippen LogP contribution in [0.2, 0.25) is 0 Å². The minimum atomic E-state index is -5.08. The Morgan fingerprint density at radius 1 is 1.00 bits per heavy atom. The lowest BCUT2D eigenvalue weighted by molar-refractivity contribution is -0.192. The number of para-hydroxylation sites is 1. The van der Waals surface area contributed by atoms with E-state index in [-0.39, 0.29) is 18.1 Å². The number of aromatic nitrogens is 2. The third kappa shape index (κ3) is 6.60. The summed E-state index contributed by atoms with van der Waals surface area (Å²) in [5.74, 6) is -2.40. The maximum Gasteiger partial charge on any atom is 0.490 e. The van der Waals surface area contributed by atoms with Crippen molar-refractivity contribution in [2.45, 2.75) is 6.18 Å². The van der Waals surface area contributed by atoms with Crippen LogP contribution in [0.1, 0.15) is 0 Å². The molecule has 0 bridgehead atoms. The first-order chi connectivity index (χ1) is 16.6. The van der Waals surface area contributed by atoms with Crippen molar-refractivity contribution >= 4 is 33.7 Å². The lowest BCUT2D eigenvalue weighted by Crippen LogP contribution is -2.32. The number of carbonyl (C=O) groups is 2. The molecule has 2 aromatic carbocycles. The summed E-state index contributed by atoms with van der Waals surface area (Å²) in [4.78, 5) is 39.2. The van der Waals surface area contributed by atoms with Crippen LogP contribution >= 0.6 is 0 Å². The molecule has 4 aromatic rings. The predicted molar refractivity (Wildman–Crippen MR) is 123 cm³/mol. The van der Waals surface area contributed by atoms with Crippen molar-refractivity contribution in [3.8, 4) is 17.0 Å². The van der Waals surface area contributed by atoms with Gasteiger partial charge in [-0.25, -0.2) is 4.79 Å². The number of pyridine rings is 1. The second-order valence-electron chi connectivity index (χ2n) is 7.26. The summed E-state index contributed by atoms with van der Waals surface area (Å²) in [6, 6.07) is 16.9. The van der Waals surface area contributed by atoms with Crippen LogP contribution in [0.25, 0.3) is 33.1 Å². The number of nitrogens with two attached hydrogens (primary N) is 1. The van der Waals surface area contributed by atoms with Crippen LogP contribution in [-0.4, -0.2) is 52.8 Å². The maximum atomic E-state index is 12.5. The summed E-state index contributed by atoms with van der Waals surface area (Å²) in [6.45, 7) is 0.730. The van der Waals surface area contributed by atoms with Crippen LogP contribution in [0.5, 0.6) is 5.75 Å². The number of carbonyl (C=O) groups excluding carboxylic acids is 1. The number of benzene rings is 2. The number of hydrogen-bond donors (Lipinski definition) is 5. The number of amides is 1. The van der Waals surface area contributed by atoms with E-state index >= 15 is 0 Å². The van der Waals surface area contributed by atoms with Crippen LogP contribution in [0.3, 0.4) is 0 Å². The van der Waals surface area contributed by atoms with Gasteiger partial charge in [0.2, 0.25) is 0 Å².